The second-order valence-electron chi connectivity index (χ2n) is 5.38. The molecule has 1 heterocycles. The summed E-state index contributed by atoms with van der Waals surface area (Å²) in [5.74, 6) is 0.263. The van der Waals surface area contributed by atoms with Crippen LogP contribution in [0.2, 0.25) is 0 Å². The molecule has 102 valence electrons. The van der Waals surface area contributed by atoms with Gasteiger partial charge in [0.15, 0.2) is 0 Å². The van der Waals surface area contributed by atoms with Crippen LogP contribution in [0, 0.1) is 23.1 Å². The van der Waals surface area contributed by atoms with Gasteiger partial charge in [0.05, 0.1) is 11.6 Å². The maximum atomic E-state index is 13.8. The van der Waals surface area contributed by atoms with Crippen LogP contribution in [0.1, 0.15) is 30.9 Å². The first-order chi connectivity index (χ1) is 9.13. The number of nitrogens with zero attached hydrogens (tertiary/aromatic N) is 2. The van der Waals surface area contributed by atoms with E-state index in [9.17, 15) is 4.39 Å². The molecule has 3 nitrogen and oxygen atoms in total. The van der Waals surface area contributed by atoms with Crippen molar-refractivity contribution in [2.75, 3.05) is 13.1 Å². The maximum absolute atomic E-state index is 13.8. The molecule has 0 saturated carbocycles. The van der Waals surface area contributed by atoms with E-state index in [-0.39, 0.29) is 5.82 Å². The van der Waals surface area contributed by atoms with E-state index < -0.39 is 0 Å². The number of hydrogen-bond acceptors (Lipinski definition) is 3. The van der Waals surface area contributed by atoms with Crippen molar-refractivity contribution in [1.29, 1.82) is 5.26 Å². The number of rotatable bonds is 3. The number of hydrogen-bond donors (Lipinski definition) is 1. The highest BCUT2D eigenvalue weighted by Crippen LogP contribution is 2.24. The Bertz CT molecular complexity index is 481. The molecular weight excluding hydrogens is 241 g/mol. The van der Waals surface area contributed by atoms with Crippen LogP contribution in [0.4, 0.5) is 4.39 Å². The number of halogens is 1. The van der Waals surface area contributed by atoms with Crippen LogP contribution in [0.3, 0.4) is 0 Å². The lowest BCUT2D eigenvalue weighted by Gasteiger charge is -2.37. The highest BCUT2D eigenvalue weighted by Gasteiger charge is 2.25. The molecule has 0 bridgehead atoms. The Morgan fingerprint density at radius 3 is 2.95 bits per heavy atom. The van der Waals surface area contributed by atoms with E-state index in [4.69, 9.17) is 11.0 Å². The molecule has 1 aromatic carbocycles. The number of nitrogens with two attached hydrogens (primary N) is 1. The topological polar surface area (TPSA) is 53.0 Å². The van der Waals surface area contributed by atoms with Crippen molar-refractivity contribution in [2.24, 2.45) is 11.7 Å². The Kier molecular flexibility index (Phi) is 4.52. The highest BCUT2D eigenvalue weighted by molar-refractivity contribution is 5.33. The Morgan fingerprint density at radius 2 is 2.26 bits per heavy atom. The van der Waals surface area contributed by atoms with Crippen LogP contribution < -0.4 is 5.73 Å². The molecule has 0 spiro atoms. The molecule has 19 heavy (non-hydrogen) atoms. The summed E-state index contributed by atoms with van der Waals surface area (Å²) in [7, 11) is 0. The molecule has 1 aromatic rings. The highest BCUT2D eigenvalue weighted by atomic mass is 19.1. The SMILES string of the molecule is CC1CCC(CN)CN1Cc1cc(C#N)ccc1F. The monoisotopic (exact) mass is 261 g/mol. The Morgan fingerprint density at radius 1 is 1.47 bits per heavy atom. The standard InChI is InChI=1S/C15H20FN3/c1-11-2-3-13(8-18)9-19(11)10-14-6-12(7-17)4-5-15(14)16/h4-6,11,13H,2-3,8-10,18H2,1H3. The molecule has 2 atom stereocenters. The summed E-state index contributed by atoms with van der Waals surface area (Å²) in [4.78, 5) is 2.26. The normalized spacial score (nSPS) is 24.1. The van der Waals surface area contributed by atoms with Crippen molar-refractivity contribution in [2.45, 2.75) is 32.4 Å². The van der Waals surface area contributed by atoms with Gasteiger partial charge in [-0.3, -0.25) is 4.90 Å². The van der Waals surface area contributed by atoms with Gasteiger partial charge in [0.25, 0.3) is 0 Å². The van der Waals surface area contributed by atoms with Crippen molar-refractivity contribution < 1.29 is 4.39 Å². The molecule has 4 heteroatoms. The third-order valence-electron chi connectivity index (χ3n) is 3.99. The van der Waals surface area contributed by atoms with Crippen molar-refractivity contribution in [3.63, 3.8) is 0 Å². The first-order valence-corrected chi connectivity index (χ1v) is 6.76. The molecule has 2 unspecified atom stereocenters. The number of likely N-dealkylation sites (tertiary alicyclic amines) is 1. The number of piperidine rings is 1. The van der Waals surface area contributed by atoms with Crippen molar-refractivity contribution in [1.82, 2.24) is 4.90 Å². The van der Waals surface area contributed by atoms with Gasteiger partial charge in [0.2, 0.25) is 0 Å². The average Bonchev–Trinajstić information content (AvgIpc) is 2.43. The first-order valence-electron chi connectivity index (χ1n) is 6.76. The zero-order valence-corrected chi connectivity index (χ0v) is 11.3. The zero-order chi connectivity index (χ0) is 13.8. The van der Waals surface area contributed by atoms with Gasteiger partial charge in [-0.05, 0) is 50.4 Å². The number of benzene rings is 1. The van der Waals surface area contributed by atoms with Crippen molar-refractivity contribution in [3.8, 4) is 6.07 Å². The summed E-state index contributed by atoms with van der Waals surface area (Å²) < 4.78 is 13.8. The summed E-state index contributed by atoms with van der Waals surface area (Å²) in [6, 6.07) is 7.04. The van der Waals surface area contributed by atoms with Crippen molar-refractivity contribution in [3.05, 3.63) is 35.1 Å². The van der Waals surface area contributed by atoms with Crippen LogP contribution in [-0.4, -0.2) is 24.0 Å². The quantitative estimate of drug-likeness (QED) is 0.908. The van der Waals surface area contributed by atoms with Crippen LogP contribution in [0.5, 0.6) is 0 Å². The average molecular weight is 261 g/mol. The Labute approximate surface area is 113 Å². The van der Waals surface area contributed by atoms with Crippen LogP contribution >= 0.6 is 0 Å². The second-order valence-corrected chi connectivity index (χ2v) is 5.38. The van der Waals surface area contributed by atoms with Gasteiger partial charge < -0.3 is 5.73 Å². The minimum absolute atomic E-state index is 0.235. The predicted octanol–water partition coefficient (Wildman–Crippen LogP) is 2.26. The maximum Gasteiger partial charge on any atom is 0.127 e. The summed E-state index contributed by atoms with van der Waals surface area (Å²) in [6.07, 6.45) is 2.25. The van der Waals surface area contributed by atoms with Gasteiger partial charge >= 0.3 is 0 Å². The molecular formula is C15H20FN3. The Hall–Kier alpha value is -1.44. The van der Waals surface area contributed by atoms with E-state index in [1.54, 1.807) is 6.07 Å². The lowest BCUT2D eigenvalue weighted by Crippen LogP contribution is -2.43. The molecule has 1 aliphatic rings. The van der Waals surface area contributed by atoms with E-state index in [0.29, 0.717) is 36.2 Å². The molecule has 2 rings (SSSR count). The number of nitriles is 1. The molecule has 1 aliphatic heterocycles. The van der Waals surface area contributed by atoms with Crippen molar-refractivity contribution >= 4 is 0 Å². The third kappa shape index (κ3) is 3.31. The van der Waals surface area contributed by atoms with Gasteiger partial charge in [-0.1, -0.05) is 0 Å². The van der Waals surface area contributed by atoms with Gasteiger partial charge in [0.1, 0.15) is 5.82 Å². The van der Waals surface area contributed by atoms with Crippen LogP contribution in [0.25, 0.3) is 0 Å². The predicted molar refractivity (Wildman–Crippen MR) is 72.8 cm³/mol. The van der Waals surface area contributed by atoms with E-state index in [0.717, 1.165) is 19.4 Å². The molecule has 1 saturated heterocycles. The minimum atomic E-state index is -0.235. The summed E-state index contributed by atoms with van der Waals surface area (Å²) >= 11 is 0. The van der Waals surface area contributed by atoms with Crippen LogP contribution in [-0.2, 0) is 6.54 Å². The zero-order valence-electron chi connectivity index (χ0n) is 11.3. The Balaban J connectivity index is 2.13. The first kappa shape index (κ1) is 14.0. The summed E-state index contributed by atoms with van der Waals surface area (Å²) in [5, 5.41) is 8.89. The smallest absolute Gasteiger partial charge is 0.127 e. The van der Waals surface area contributed by atoms with Gasteiger partial charge in [-0.15, -0.1) is 0 Å². The van der Waals surface area contributed by atoms with Crippen LogP contribution in [0.15, 0.2) is 18.2 Å². The molecule has 0 aromatic heterocycles. The lowest BCUT2D eigenvalue weighted by molar-refractivity contribution is 0.112. The minimum Gasteiger partial charge on any atom is -0.330 e. The van der Waals surface area contributed by atoms with Gasteiger partial charge in [0, 0.05) is 24.7 Å². The summed E-state index contributed by atoms with van der Waals surface area (Å²) in [6.45, 7) is 4.32. The van der Waals surface area contributed by atoms with E-state index in [1.165, 1.54) is 12.1 Å². The molecule has 2 N–H and O–H groups in total. The lowest BCUT2D eigenvalue weighted by atomic mass is 9.93. The fourth-order valence-corrected chi connectivity index (χ4v) is 2.66. The molecule has 0 radical (unpaired) electrons. The molecule has 1 fully saturated rings. The van der Waals surface area contributed by atoms with Gasteiger partial charge in [-0.25, -0.2) is 4.39 Å². The largest absolute Gasteiger partial charge is 0.330 e. The fourth-order valence-electron chi connectivity index (χ4n) is 2.66. The van der Waals surface area contributed by atoms with E-state index in [1.807, 2.05) is 0 Å². The third-order valence-corrected chi connectivity index (χ3v) is 3.99. The molecule has 0 amide bonds. The van der Waals surface area contributed by atoms with Gasteiger partial charge in [-0.2, -0.15) is 5.26 Å². The second kappa shape index (κ2) is 6.14. The fraction of sp³-hybridized carbons (Fsp3) is 0.533. The van der Waals surface area contributed by atoms with E-state index >= 15 is 0 Å². The summed E-state index contributed by atoms with van der Waals surface area (Å²) in [5.41, 5.74) is 6.85. The van der Waals surface area contributed by atoms with E-state index in [2.05, 4.69) is 17.9 Å². The molecule has 0 aliphatic carbocycles.